The summed E-state index contributed by atoms with van der Waals surface area (Å²) in [5.41, 5.74) is 1.01. The number of carboxylic acid groups (broad SMARTS) is 1. The van der Waals surface area contributed by atoms with E-state index in [1.807, 2.05) is 60.7 Å². The van der Waals surface area contributed by atoms with Gasteiger partial charge in [-0.15, -0.1) is 0 Å². The van der Waals surface area contributed by atoms with Gasteiger partial charge in [-0.25, -0.2) is 4.79 Å². The van der Waals surface area contributed by atoms with E-state index in [-0.39, 0.29) is 12.1 Å². The summed E-state index contributed by atoms with van der Waals surface area (Å²) in [6, 6.07) is 19.7. The van der Waals surface area contributed by atoms with Gasteiger partial charge in [-0.05, 0) is 18.1 Å². The number of benzene rings is 2. The predicted octanol–water partition coefficient (Wildman–Crippen LogP) is 2.46. The SMILES string of the molecule is CC1(C(=O)O)NC(c2ccccc2)C(c2ccccc2)N1. The van der Waals surface area contributed by atoms with E-state index in [4.69, 9.17) is 0 Å². The molecule has 1 aliphatic heterocycles. The molecule has 2 unspecified atom stereocenters. The van der Waals surface area contributed by atoms with Crippen molar-refractivity contribution in [3.63, 3.8) is 0 Å². The number of nitrogens with one attached hydrogen (secondary N) is 2. The Bertz CT molecular complexity index is 580. The number of rotatable bonds is 3. The van der Waals surface area contributed by atoms with E-state index in [0.717, 1.165) is 11.1 Å². The quantitative estimate of drug-likeness (QED) is 0.809. The molecule has 108 valence electrons. The third-order valence-electron chi connectivity index (χ3n) is 3.97. The molecule has 0 bridgehead atoms. The van der Waals surface area contributed by atoms with Crippen LogP contribution in [0.5, 0.6) is 0 Å². The second-order valence-electron chi connectivity index (χ2n) is 5.50. The maximum Gasteiger partial charge on any atom is 0.338 e. The van der Waals surface area contributed by atoms with Crippen molar-refractivity contribution >= 4 is 5.97 Å². The van der Waals surface area contributed by atoms with Crippen LogP contribution in [0.4, 0.5) is 0 Å². The van der Waals surface area contributed by atoms with Crippen LogP contribution in [0.3, 0.4) is 0 Å². The Morgan fingerprint density at radius 1 is 0.905 bits per heavy atom. The minimum absolute atomic E-state index is 0.0882. The minimum Gasteiger partial charge on any atom is -0.479 e. The van der Waals surface area contributed by atoms with Gasteiger partial charge in [0, 0.05) is 0 Å². The molecule has 2 aromatic rings. The van der Waals surface area contributed by atoms with Crippen LogP contribution >= 0.6 is 0 Å². The Labute approximate surface area is 123 Å². The lowest BCUT2D eigenvalue weighted by atomic mass is 9.95. The Hall–Kier alpha value is -2.17. The van der Waals surface area contributed by atoms with Crippen molar-refractivity contribution in [3.05, 3.63) is 71.8 Å². The fraction of sp³-hybridized carbons (Fsp3) is 0.235. The molecule has 0 radical (unpaired) electrons. The van der Waals surface area contributed by atoms with Crippen LogP contribution in [-0.4, -0.2) is 16.7 Å². The maximum absolute atomic E-state index is 11.6. The maximum atomic E-state index is 11.6. The fourth-order valence-electron chi connectivity index (χ4n) is 2.83. The molecular formula is C17H18N2O2. The first-order chi connectivity index (χ1) is 10.1. The smallest absolute Gasteiger partial charge is 0.338 e. The van der Waals surface area contributed by atoms with Gasteiger partial charge < -0.3 is 5.11 Å². The van der Waals surface area contributed by atoms with Crippen molar-refractivity contribution in [2.45, 2.75) is 24.7 Å². The summed E-state index contributed by atoms with van der Waals surface area (Å²) in [5, 5.41) is 15.9. The molecule has 1 saturated heterocycles. The monoisotopic (exact) mass is 282 g/mol. The lowest BCUT2D eigenvalue weighted by Crippen LogP contribution is -2.53. The van der Waals surface area contributed by atoms with Gasteiger partial charge in [0.2, 0.25) is 0 Å². The van der Waals surface area contributed by atoms with Crippen LogP contribution in [0.2, 0.25) is 0 Å². The molecule has 3 rings (SSSR count). The van der Waals surface area contributed by atoms with E-state index < -0.39 is 11.6 Å². The Morgan fingerprint density at radius 2 is 1.29 bits per heavy atom. The summed E-state index contributed by atoms with van der Waals surface area (Å²) in [4.78, 5) is 11.6. The molecule has 0 amide bonds. The summed E-state index contributed by atoms with van der Waals surface area (Å²) >= 11 is 0. The van der Waals surface area contributed by atoms with Crippen LogP contribution in [0.15, 0.2) is 60.7 Å². The van der Waals surface area contributed by atoms with Crippen molar-refractivity contribution < 1.29 is 9.90 Å². The molecule has 0 aromatic heterocycles. The average molecular weight is 282 g/mol. The van der Waals surface area contributed by atoms with E-state index in [0.29, 0.717) is 0 Å². The molecule has 0 aliphatic carbocycles. The summed E-state index contributed by atoms with van der Waals surface area (Å²) in [6.45, 7) is 1.66. The number of hydrogen-bond acceptors (Lipinski definition) is 3. The van der Waals surface area contributed by atoms with Crippen molar-refractivity contribution in [1.82, 2.24) is 10.6 Å². The Balaban J connectivity index is 2.01. The van der Waals surface area contributed by atoms with Gasteiger partial charge in [-0.2, -0.15) is 0 Å². The van der Waals surface area contributed by atoms with Crippen molar-refractivity contribution in [3.8, 4) is 0 Å². The lowest BCUT2D eigenvalue weighted by molar-refractivity contribution is -0.144. The van der Waals surface area contributed by atoms with Gasteiger partial charge in [0.15, 0.2) is 5.66 Å². The molecule has 1 fully saturated rings. The van der Waals surface area contributed by atoms with Crippen LogP contribution in [-0.2, 0) is 4.79 Å². The van der Waals surface area contributed by atoms with E-state index in [9.17, 15) is 9.90 Å². The lowest BCUT2D eigenvalue weighted by Gasteiger charge is -2.20. The zero-order valence-corrected chi connectivity index (χ0v) is 11.8. The highest BCUT2D eigenvalue weighted by Crippen LogP contribution is 2.36. The topological polar surface area (TPSA) is 61.4 Å². The standard InChI is InChI=1S/C17H18N2O2/c1-17(16(20)21)18-14(12-8-4-2-5-9-12)15(19-17)13-10-6-3-7-11-13/h2-11,14-15,18-19H,1H3,(H,20,21). The van der Waals surface area contributed by atoms with E-state index >= 15 is 0 Å². The molecular weight excluding hydrogens is 264 g/mol. The third kappa shape index (κ3) is 2.55. The first-order valence-corrected chi connectivity index (χ1v) is 6.99. The second-order valence-corrected chi connectivity index (χ2v) is 5.50. The largest absolute Gasteiger partial charge is 0.479 e. The van der Waals surface area contributed by atoms with Gasteiger partial charge in [-0.1, -0.05) is 60.7 Å². The second kappa shape index (κ2) is 5.31. The summed E-state index contributed by atoms with van der Waals surface area (Å²) < 4.78 is 0. The molecule has 21 heavy (non-hydrogen) atoms. The van der Waals surface area contributed by atoms with E-state index in [2.05, 4.69) is 10.6 Å². The van der Waals surface area contributed by atoms with Crippen LogP contribution in [0.1, 0.15) is 30.1 Å². The number of carboxylic acids is 1. The van der Waals surface area contributed by atoms with Crippen molar-refractivity contribution in [2.75, 3.05) is 0 Å². The molecule has 4 heteroatoms. The fourth-order valence-corrected chi connectivity index (χ4v) is 2.83. The summed E-state index contributed by atoms with van der Waals surface area (Å²) in [7, 11) is 0. The summed E-state index contributed by atoms with van der Waals surface area (Å²) in [5.74, 6) is -0.901. The third-order valence-corrected chi connectivity index (χ3v) is 3.97. The molecule has 2 aromatic carbocycles. The normalized spacial score (nSPS) is 28.4. The predicted molar refractivity (Wildman–Crippen MR) is 80.7 cm³/mol. The summed E-state index contributed by atoms with van der Waals surface area (Å²) in [6.07, 6.45) is 0. The molecule has 4 nitrogen and oxygen atoms in total. The van der Waals surface area contributed by atoms with Gasteiger partial charge in [0.1, 0.15) is 0 Å². The van der Waals surface area contributed by atoms with Crippen molar-refractivity contribution in [1.29, 1.82) is 0 Å². The molecule has 1 heterocycles. The zero-order chi connectivity index (χ0) is 14.9. The van der Waals surface area contributed by atoms with Crippen LogP contribution in [0.25, 0.3) is 0 Å². The number of hydrogen-bond donors (Lipinski definition) is 3. The van der Waals surface area contributed by atoms with Crippen LogP contribution < -0.4 is 10.6 Å². The number of carbonyl (C=O) groups is 1. The highest BCUT2D eigenvalue weighted by atomic mass is 16.4. The van der Waals surface area contributed by atoms with Gasteiger partial charge >= 0.3 is 5.97 Å². The molecule has 3 N–H and O–H groups in total. The highest BCUT2D eigenvalue weighted by Gasteiger charge is 2.47. The molecule has 1 aliphatic rings. The highest BCUT2D eigenvalue weighted by molar-refractivity contribution is 5.78. The Kier molecular flexibility index (Phi) is 3.49. The zero-order valence-electron chi connectivity index (χ0n) is 11.8. The van der Waals surface area contributed by atoms with E-state index in [1.165, 1.54) is 0 Å². The van der Waals surface area contributed by atoms with Gasteiger partial charge in [0.05, 0.1) is 12.1 Å². The molecule has 0 saturated carbocycles. The number of aliphatic carboxylic acids is 1. The van der Waals surface area contributed by atoms with E-state index in [1.54, 1.807) is 6.92 Å². The minimum atomic E-state index is -1.14. The average Bonchev–Trinajstić information content (AvgIpc) is 2.89. The van der Waals surface area contributed by atoms with Crippen molar-refractivity contribution in [2.24, 2.45) is 0 Å². The van der Waals surface area contributed by atoms with Crippen LogP contribution in [0, 0.1) is 0 Å². The Morgan fingerprint density at radius 3 is 1.62 bits per heavy atom. The van der Waals surface area contributed by atoms with Gasteiger partial charge in [-0.3, -0.25) is 10.6 Å². The first-order valence-electron chi connectivity index (χ1n) is 6.99. The molecule has 0 spiro atoms. The van der Waals surface area contributed by atoms with Gasteiger partial charge in [0.25, 0.3) is 0 Å². The molecule has 2 atom stereocenters. The first kappa shape index (κ1) is 13.8.